The standard InChI is InChI=1S/C7H11NO3/c1-4-5(7(10)11)3-8(2)6(4)9/h4-5H,3H2,1-2H3,(H,10,11). The van der Waals surface area contributed by atoms with Crippen LogP contribution in [0.1, 0.15) is 6.92 Å². The lowest BCUT2D eigenvalue weighted by molar-refractivity contribution is -0.143. The molecule has 0 aromatic rings. The molecule has 0 aromatic carbocycles. The number of hydrogen-bond acceptors (Lipinski definition) is 2. The van der Waals surface area contributed by atoms with E-state index in [0.717, 1.165) is 0 Å². The van der Waals surface area contributed by atoms with Crippen molar-refractivity contribution < 1.29 is 14.7 Å². The molecule has 1 N–H and O–H groups in total. The van der Waals surface area contributed by atoms with E-state index in [1.807, 2.05) is 0 Å². The molecule has 0 saturated carbocycles. The van der Waals surface area contributed by atoms with Crippen molar-refractivity contribution in [3.8, 4) is 0 Å². The van der Waals surface area contributed by atoms with Crippen LogP contribution in [0.5, 0.6) is 0 Å². The average molecular weight is 157 g/mol. The van der Waals surface area contributed by atoms with E-state index in [9.17, 15) is 9.59 Å². The second-order valence-electron chi connectivity index (χ2n) is 2.95. The molecule has 1 amide bonds. The third kappa shape index (κ3) is 1.20. The van der Waals surface area contributed by atoms with E-state index < -0.39 is 11.9 Å². The van der Waals surface area contributed by atoms with Gasteiger partial charge in [-0.3, -0.25) is 9.59 Å². The Morgan fingerprint density at radius 3 is 2.45 bits per heavy atom. The maximum absolute atomic E-state index is 11.1. The Labute approximate surface area is 64.8 Å². The summed E-state index contributed by atoms with van der Waals surface area (Å²) in [6, 6.07) is 0. The Bertz CT molecular complexity index is 202. The monoisotopic (exact) mass is 157 g/mol. The van der Waals surface area contributed by atoms with Crippen molar-refractivity contribution in [1.82, 2.24) is 4.90 Å². The van der Waals surface area contributed by atoms with Crippen LogP contribution in [0.2, 0.25) is 0 Å². The first-order valence-corrected chi connectivity index (χ1v) is 3.52. The fourth-order valence-corrected chi connectivity index (χ4v) is 1.35. The predicted octanol–water partition coefficient (Wildman–Crippen LogP) is -0.205. The van der Waals surface area contributed by atoms with Crippen molar-refractivity contribution in [1.29, 1.82) is 0 Å². The van der Waals surface area contributed by atoms with Gasteiger partial charge in [0.1, 0.15) is 0 Å². The molecular formula is C7H11NO3. The molecule has 11 heavy (non-hydrogen) atoms. The van der Waals surface area contributed by atoms with Crippen molar-refractivity contribution in [2.45, 2.75) is 6.92 Å². The first-order chi connectivity index (χ1) is 5.04. The van der Waals surface area contributed by atoms with Crippen LogP contribution in [-0.4, -0.2) is 35.5 Å². The highest BCUT2D eigenvalue weighted by Crippen LogP contribution is 2.22. The Morgan fingerprint density at radius 2 is 2.27 bits per heavy atom. The van der Waals surface area contributed by atoms with Gasteiger partial charge in [0.2, 0.25) is 5.91 Å². The van der Waals surface area contributed by atoms with Gasteiger partial charge in [0.15, 0.2) is 0 Å². The number of carboxylic acid groups (broad SMARTS) is 1. The van der Waals surface area contributed by atoms with Gasteiger partial charge in [-0.25, -0.2) is 0 Å². The summed E-state index contributed by atoms with van der Waals surface area (Å²) >= 11 is 0. The number of carbonyl (C=O) groups is 2. The van der Waals surface area contributed by atoms with E-state index in [1.165, 1.54) is 4.90 Å². The smallest absolute Gasteiger partial charge is 0.309 e. The van der Waals surface area contributed by atoms with Crippen LogP contribution >= 0.6 is 0 Å². The van der Waals surface area contributed by atoms with Crippen molar-refractivity contribution in [3.05, 3.63) is 0 Å². The van der Waals surface area contributed by atoms with Crippen LogP contribution in [0.3, 0.4) is 0 Å². The number of hydrogen-bond donors (Lipinski definition) is 1. The summed E-state index contributed by atoms with van der Waals surface area (Å²) in [6.45, 7) is 2.00. The van der Waals surface area contributed by atoms with Crippen LogP contribution in [0, 0.1) is 11.8 Å². The molecule has 2 atom stereocenters. The highest BCUT2D eigenvalue weighted by molar-refractivity contribution is 5.87. The van der Waals surface area contributed by atoms with Gasteiger partial charge < -0.3 is 10.0 Å². The molecule has 1 saturated heterocycles. The molecule has 0 radical (unpaired) electrons. The van der Waals surface area contributed by atoms with E-state index >= 15 is 0 Å². The Morgan fingerprint density at radius 1 is 1.73 bits per heavy atom. The summed E-state index contributed by atoms with van der Waals surface area (Å²) in [4.78, 5) is 23.1. The Kier molecular flexibility index (Phi) is 1.85. The zero-order valence-corrected chi connectivity index (χ0v) is 6.57. The zero-order valence-electron chi connectivity index (χ0n) is 6.57. The number of likely N-dealkylation sites (tertiary alicyclic amines) is 1. The van der Waals surface area contributed by atoms with Crippen LogP contribution in [-0.2, 0) is 9.59 Å². The van der Waals surface area contributed by atoms with Gasteiger partial charge in [0, 0.05) is 13.6 Å². The summed E-state index contributed by atoms with van der Waals surface area (Å²) < 4.78 is 0. The number of nitrogens with zero attached hydrogens (tertiary/aromatic N) is 1. The van der Waals surface area contributed by atoms with Gasteiger partial charge >= 0.3 is 5.97 Å². The number of carboxylic acids is 1. The molecule has 1 aliphatic heterocycles. The normalized spacial score (nSPS) is 31.1. The molecular weight excluding hydrogens is 146 g/mol. The fourth-order valence-electron chi connectivity index (χ4n) is 1.35. The number of amides is 1. The molecule has 1 fully saturated rings. The number of aliphatic carboxylic acids is 1. The molecule has 1 rings (SSSR count). The van der Waals surface area contributed by atoms with Crippen molar-refractivity contribution >= 4 is 11.9 Å². The van der Waals surface area contributed by atoms with Gasteiger partial charge in [-0.05, 0) is 0 Å². The first kappa shape index (κ1) is 8.04. The van der Waals surface area contributed by atoms with E-state index in [4.69, 9.17) is 5.11 Å². The third-order valence-corrected chi connectivity index (χ3v) is 2.16. The molecule has 0 bridgehead atoms. The maximum atomic E-state index is 11.1. The second kappa shape index (κ2) is 2.53. The van der Waals surface area contributed by atoms with Gasteiger partial charge in [-0.2, -0.15) is 0 Å². The topological polar surface area (TPSA) is 57.6 Å². The fraction of sp³-hybridized carbons (Fsp3) is 0.714. The summed E-state index contributed by atoms with van der Waals surface area (Å²) in [5.41, 5.74) is 0. The first-order valence-electron chi connectivity index (χ1n) is 3.52. The molecule has 4 heteroatoms. The van der Waals surface area contributed by atoms with Gasteiger partial charge in [-0.15, -0.1) is 0 Å². The molecule has 62 valence electrons. The van der Waals surface area contributed by atoms with E-state index in [-0.39, 0.29) is 11.8 Å². The van der Waals surface area contributed by atoms with Crippen molar-refractivity contribution in [3.63, 3.8) is 0 Å². The minimum atomic E-state index is -0.879. The molecule has 1 heterocycles. The SMILES string of the molecule is CC1C(=O)N(C)CC1C(=O)O. The summed E-state index contributed by atoms with van der Waals surface area (Å²) in [7, 11) is 1.63. The summed E-state index contributed by atoms with van der Waals surface area (Å²) in [6.07, 6.45) is 0. The molecule has 0 aromatic heterocycles. The quantitative estimate of drug-likeness (QED) is 0.573. The highest BCUT2D eigenvalue weighted by atomic mass is 16.4. The lowest BCUT2D eigenvalue weighted by Crippen LogP contribution is -2.21. The van der Waals surface area contributed by atoms with Crippen molar-refractivity contribution in [2.75, 3.05) is 13.6 Å². The minimum absolute atomic E-state index is 0.0719. The lowest BCUT2D eigenvalue weighted by atomic mass is 9.98. The zero-order chi connectivity index (χ0) is 8.59. The van der Waals surface area contributed by atoms with Crippen molar-refractivity contribution in [2.24, 2.45) is 11.8 Å². The minimum Gasteiger partial charge on any atom is -0.481 e. The van der Waals surface area contributed by atoms with Crippen LogP contribution in [0.25, 0.3) is 0 Å². The summed E-state index contributed by atoms with van der Waals surface area (Å²) in [5.74, 6) is -1.84. The molecule has 2 unspecified atom stereocenters. The Hall–Kier alpha value is -1.06. The Balaban J connectivity index is 2.75. The van der Waals surface area contributed by atoms with Gasteiger partial charge in [0.25, 0.3) is 0 Å². The van der Waals surface area contributed by atoms with Crippen LogP contribution in [0.15, 0.2) is 0 Å². The maximum Gasteiger partial charge on any atom is 0.309 e. The van der Waals surface area contributed by atoms with Gasteiger partial charge in [-0.1, -0.05) is 6.92 Å². The average Bonchev–Trinajstić information content (AvgIpc) is 2.17. The molecule has 4 nitrogen and oxygen atoms in total. The number of carbonyl (C=O) groups excluding carboxylic acids is 1. The largest absolute Gasteiger partial charge is 0.481 e. The number of rotatable bonds is 1. The molecule has 0 spiro atoms. The molecule has 1 aliphatic rings. The van der Waals surface area contributed by atoms with Crippen LogP contribution in [0.4, 0.5) is 0 Å². The van der Waals surface area contributed by atoms with E-state index in [0.29, 0.717) is 6.54 Å². The lowest BCUT2D eigenvalue weighted by Gasteiger charge is -2.05. The molecule has 0 aliphatic carbocycles. The predicted molar refractivity (Wildman–Crippen MR) is 37.9 cm³/mol. The second-order valence-corrected chi connectivity index (χ2v) is 2.95. The third-order valence-electron chi connectivity index (χ3n) is 2.16. The van der Waals surface area contributed by atoms with E-state index in [2.05, 4.69) is 0 Å². The highest BCUT2D eigenvalue weighted by Gasteiger charge is 2.39. The van der Waals surface area contributed by atoms with Gasteiger partial charge in [0.05, 0.1) is 11.8 Å². The summed E-state index contributed by atoms with van der Waals surface area (Å²) in [5, 5.41) is 8.64. The van der Waals surface area contributed by atoms with Crippen LogP contribution < -0.4 is 0 Å². The van der Waals surface area contributed by atoms with E-state index in [1.54, 1.807) is 14.0 Å².